The summed E-state index contributed by atoms with van der Waals surface area (Å²) in [7, 11) is -1.56. The smallest absolute Gasteiger partial charge is 0.191 e. The lowest BCUT2D eigenvalue weighted by molar-refractivity contribution is 0.277. The van der Waals surface area contributed by atoms with Crippen LogP contribution in [0.25, 0.3) is 0 Å². The van der Waals surface area contributed by atoms with E-state index in [2.05, 4.69) is 76.9 Å². The van der Waals surface area contributed by atoms with Crippen molar-refractivity contribution in [1.29, 1.82) is 0 Å². The van der Waals surface area contributed by atoms with E-state index in [0.717, 1.165) is 6.61 Å². The molecule has 0 aliphatic carbocycles. The first-order valence-electron chi connectivity index (χ1n) is 8.59. The topological polar surface area (TPSA) is 9.23 Å². The summed E-state index contributed by atoms with van der Waals surface area (Å²) in [6.45, 7) is 16.5. The SMILES string of the molecule is C=CC(CCCCCO[Si](C)(C)C(C)(C)C)c1ccccc1. The van der Waals surface area contributed by atoms with Gasteiger partial charge >= 0.3 is 0 Å². The van der Waals surface area contributed by atoms with Gasteiger partial charge in [0.05, 0.1) is 0 Å². The number of rotatable bonds is 9. The van der Waals surface area contributed by atoms with Crippen LogP contribution in [0.4, 0.5) is 0 Å². The van der Waals surface area contributed by atoms with Crippen molar-refractivity contribution >= 4 is 8.32 Å². The molecule has 0 fully saturated rings. The van der Waals surface area contributed by atoms with E-state index in [1.165, 1.54) is 31.2 Å². The van der Waals surface area contributed by atoms with Gasteiger partial charge in [0.25, 0.3) is 0 Å². The van der Waals surface area contributed by atoms with Gasteiger partial charge in [0.2, 0.25) is 0 Å². The Kier molecular flexibility index (Phi) is 7.57. The van der Waals surface area contributed by atoms with Gasteiger partial charge in [-0.3, -0.25) is 0 Å². The highest BCUT2D eigenvalue weighted by Gasteiger charge is 2.36. The fourth-order valence-electron chi connectivity index (χ4n) is 2.31. The average molecular weight is 319 g/mol. The van der Waals surface area contributed by atoms with Crippen molar-refractivity contribution in [3.8, 4) is 0 Å². The lowest BCUT2D eigenvalue weighted by Gasteiger charge is -2.36. The van der Waals surface area contributed by atoms with Crippen LogP contribution in [-0.4, -0.2) is 14.9 Å². The van der Waals surface area contributed by atoms with Gasteiger partial charge in [0.1, 0.15) is 0 Å². The molecular formula is C20H34OSi. The Labute approximate surface area is 138 Å². The van der Waals surface area contributed by atoms with E-state index in [9.17, 15) is 0 Å². The fourth-order valence-corrected chi connectivity index (χ4v) is 3.40. The monoisotopic (exact) mass is 318 g/mol. The van der Waals surface area contributed by atoms with Crippen LogP contribution in [0.15, 0.2) is 43.0 Å². The first kappa shape index (κ1) is 19.2. The summed E-state index contributed by atoms with van der Waals surface area (Å²) in [5.41, 5.74) is 1.38. The van der Waals surface area contributed by atoms with E-state index in [-0.39, 0.29) is 0 Å². The van der Waals surface area contributed by atoms with Gasteiger partial charge in [0, 0.05) is 12.5 Å². The first-order valence-corrected chi connectivity index (χ1v) is 11.5. The fraction of sp³-hybridized carbons (Fsp3) is 0.600. The molecule has 22 heavy (non-hydrogen) atoms. The highest BCUT2D eigenvalue weighted by atomic mass is 28.4. The highest BCUT2D eigenvalue weighted by Crippen LogP contribution is 2.36. The maximum absolute atomic E-state index is 6.23. The maximum atomic E-state index is 6.23. The van der Waals surface area contributed by atoms with E-state index in [1.54, 1.807) is 0 Å². The summed E-state index contributed by atoms with van der Waals surface area (Å²) in [6.07, 6.45) is 6.93. The standard InChI is InChI=1S/C20H34OSi/c1-7-18(19-15-10-8-11-16-19)14-12-9-13-17-21-22(5,6)20(2,3)4/h7-8,10-11,15-16,18H,1,9,12-14,17H2,2-6H3. The lowest BCUT2D eigenvalue weighted by Crippen LogP contribution is -2.40. The second-order valence-corrected chi connectivity index (χ2v) is 12.5. The molecule has 0 N–H and O–H groups in total. The van der Waals surface area contributed by atoms with Gasteiger partial charge in [-0.1, -0.05) is 70.0 Å². The van der Waals surface area contributed by atoms with Gasteiger partial charge in [0.15, 0.2) is 8.32 Å². The Morgan fingerprint density at radius 2 is 1.73 bits per heavy atom. The molecule has 0 aromatic heterocycles. The molecule has 0 spiro atoms. The third-order valence-corrected chi connectivity index (χ3v) is 9.48. The normalized spacial score (nSPS) is 13.9. The van der Waals surface area contributed by atoms with Crippen molar-refractivity contribution < 1.29 is 4.43 Å². The third kappa shape index (κ3) is 6.10. The Hall–Kier alpha value is -0.863. The molecule has 1 aromatic rings. The molecule has 1 atom stereocenters. The van der Waals surface area contributed by atoms with Crippen LogP contribution in [0.5, 0.6) is 0 Å². The van der Waals surface area contributed by atoms with Crippen LogP contribution in [0.2, 0.25) is 18.1 Å². The number of unbranched alkanes of at least 4 members (excludes halogenated alkanes) is 2. The first-order chi connectivity index (χ1) is 10.3. The van der Waals surface area contributed by atoms with E-state index in [0.29, 0.717) is 11.0 Å². The number of benzene rings is 1. The number of hydrogen-bond acceptors (Lipinski definition) is 1. The van der Waals surface area contributed by atoms with E-state index < -0.39 is 8.32 Å². The van der Waals surface area contributed by atoms with E-state index in [1.807, 2.05) is 0 Å². The average Bonchev–Trinajstić information content (AvgIpc) is 2.46. The van der Waals surface area contributed by atoms with Crippen LogP contribution < -0.4 is 0 Å². The molecule has 1 rings (SSSR count). The number of hydrogen-bond donors (Lipinski definition) is 0. The molecule has 0 bridgehead atoms. The molecule has 0 amide bonds. The van der Waals surface area contributed by atoms with Crippen LogP contribution in [-0.2, 0) is 4.43 Å². The molecular weight excluding hydrogens is 284 g/mol. The molecule has 124 valence electrons. The van der Waals surface area contributed by atoms with Crippen molar-refractivity contribution in [2.24, 2.45) is 0 Å². The maximum Gasteiger partial charge on any atom is 0.191 e. The zero-order valence-corrected chi connectivity index (χ0v) is 16.2. The molecule has 0 aliphatic heterocycles. The second-order valence-electron chi connectivity index (χ2n) is 7.71. The summed E-state index contributed by atoms with van der Waals surface area (Å²) >= 11 is 0. The van der Waals surface area contributed by atoms with Crippen molar-refractivity contribution in [3.63, 3.8) is 0 Å². The predicted molar refractivity (Wildman–Crippen MR) is 101 cm³/mol. The Bertz CT molecular complexity index is 431. The minimum Gasteiger partial charge on any atom is -0.417 e. The molecule has 0 saturated heterocycles. The van der Waals surface area contributed by atoms with Gasteiger partial charge < -0.3 is 4.43 Å². The lowest BCUT2D eigenvalue weighted by atomic mass is 9.93. The van der Waals surface area contributed by atoms with Crippen molar-refractivity contribution in [3.05, 3.63) is 48.6 Å². The molecule has 1 unspecified atom stereocenters. The molecule has 1 nitrogen and oxygen atoms in total. The Balaban J connectivity index is 2.24. The van der Waals surface area contributed by atoms with Gasteiger partial charge in [-0.2, -0.15) is 0 Å². The molecule has 0 heterocycles. The number of allylic oxidation sites excluding steroid dienone is 1. The molecule has 0 aliphatic rings. The Morgan fingerprint density at radius 1 is 1.09 bits per heavy atom. The molecule has 1 aromatic carbocycles. The van der Waals surface area contributed by atoms with Gasteiger partial charge in [-0.05, 0) is 36.5 Å². The van der Waals surface area contributed by atoms with Crippen LogP contribution in [0.3, 0.4) is 0 Å². The minimum absolute atomic E-state index is 0.314. The van der Waals surface area contributed by atoms with Crippen LogP contribution in [0.1, 0.15) is 57.9 Å². The summed E-state index contributed by atoms with van der Waals surface area (Å²) in [5, 5.41) is 0.314. The summed E-state index contributed by atoms with van der Waals surface area (Å²) in [6, 6.07) is 10.7. The summed E-state index contributed by atoms with van der Waals surface area (Å²) in [4.78, 5) is 0. The van der Waals surface area contributed by atoms with Gasteiger partial charge in [-0.15, -0.1) is 6.58 Å². The molecule has 0 saturated carbocycles. The van der Waals surface area contributed by atoms with Gasteiger partial charge in [-0.25, -0.2) is 0 Å². The second kappa shape index (κ2) is 8.69. The zero-order chi connectivity index (χ0) is 16.6. The summed E-state index contributed by atoms with van der Waals surface area (Å²) in [5.74, 6) is 0.488. The quantitative estimate of drug-likeness (QED) is 0.285. The third-order valence-electron chi connectivity index (χ3n) is 4.94. The van der Waals surface area contributed by atoms with Crippen LogP contribution >= 0.6 is 0 Å². The Morgan fingerprint density at radius 3 is 2.27 bits per heavy atom. The zero-order valence-electron chi connectivity index (χ0n) is 15.2. The van der Waals surface area contributed by atoms with Crippen LogP contribution in [0, 0.1) is 0 Å². The van der Waals surface area contributed by atoms with Crippen molar-refractivity contribution in [1.82, 2.24) is 0 Å². The van der Waals surface area contributed by atoms with E-state index in [4.69, 9.17) is 4.43 Å². The highest BCUT2D eigenvalue weighted by molar-refractivity contribution is 6.74. The van der Waals surface area contributed by atoms with E-state index >= 15 is 0 Å². The molecule has 2 heteroatoms. The minimum atomic E-state index is -1.56. The summed E-state index contributed by atoms with van der Waals surface area (Å²) < 4.78 is 6.23. The van der Waals surface area contributed by atoms with Crippen molar-refractivity contribution in [2.45, 2.75) is 70.5 Å². The predicted octanol–water partition coefficient (Wildman–Crippen LogP) is 6.54. The molecule has 0 radical (unpaired) electrons. The van der Waals surface area contributed by atoms with Crippen molar-refractivity contribution in [2.75, 3.05) is 6.61 Å². The largest absolute Gasteiger partial charge is 0.417 e.